The van der Waals surface area contributed by atoms with Gasteiger partial charge < -0.3 is 29.0 Å². The predicted molar refractivity (Wildman–Crippen MR) is 120 cm³/mol. The standard InChI is InChI=1S/C21H23N3O11S/c1-9(25)31-8-14-16(32-10(2)26)17(33-11(3)27)15(20(35-14)34-12(4)28)23-21(30)24-19(29)13-6-5-7-22-18(13)36-24/h5-7,14-17,20H,8H2,1-4H3,(H,23,30)/t14-,15-,16-,17-,20-/m1/s1. The number of pyridine rings is 1. The molecule has 2 aromatic rings. The van der Waals surface area contributed by atoms with E-state index in [1.165, 1.54) is 18.3 Å². The van der Waals surface area contributed by atoms with Crippen LogP contribution in [0.2, 0.25) is 0 Å². The molecule has 0 aromatic carbocycles. The lowest BCUT2D eigenvalue weighted by Gasteiger charge is -2.44. The fourth-order valence-electron chi connectivity index (χ4n) is 3.52. The van der Waals surface area contributed by atoms with Crippen LogP contribution in [0, 0.1) is 0 Å². The lowest BCUT2D eigenvalue weighted by molar-refractivity contribution is -0.270. The average molecular weight is 525 g/mol. The molecule has 1 N–H and O–H groups in total. The van der Waals surface area contributed by atoms with Gasteiger partial charge in [0, 0.05) is 33.9 Å². The van der Waals surface area contributed by atoms with Crippen LogP contribution in [0.5, 0.6) is 0 Å². The van der Waals surface area contributed by atoms with Gasteiger partial charge in [0.2, 0.25) is 6.29 Å². The number of carbonyl (C=O) groups excluding carboxylic acids is 5. The van der Waals surface area contributed by atoms with Crippen LogP contribution in [0.3, 0.4) is 0 Å². The number of hydrogen-bond acceptors (Lipinski definition) is 13. The molecule has 3 heterocycles. The van der Waals surface area contributed by atoms with Crippen molar-refractivity contribution < 1.29 is 47.7 Å². The molecule has 36 heavy (non-hydrogen) atoms. The van der Waals surface area contributed by atoms with Crippen molar-refractivity contribution in [3.8, 4) is 0 Å². The van der Waals surface area contributed by atoms with Gasteiger partial charge in [0.05, 0.1) is 5.39 Å². The molecule has 1 aliphatic heterocycles. The van der Waals surface area contributed by atoms with E-state index >= 15 is 0 Å². The number of amides is 1. The molecule has 3 rings (SSSR count). The van der Waals surface area contributed by atoms with E-state index in [0.717, 1.165) is 43.2 Å². The van der Waals surface area contributed by atoms with Crippen LogP contribution in [0.1, 0.15) is 27.7 Å². The maximum Gasteiger partial charge on any atom is 0.338 e. The summed E-state index contributed by atoms with van der Waals surface area (Å²) >= 11 is 0.756. The van der Waals surface area contributed by atoms with Gasteiger partial charge in [-0.2, -0.15) is 3.96 Å². The number of nitrogens with one attached hydrogen (secondary N) is 1. The SMILES string of the molecule is CC(=O)OC[C@H]1O[C@@H](OC(C)=O)[C@H](NC(=O)n2sc3ncccc3c2=O)[C@@H](OC(C)=O)[C@@H]1OC(C)=O. The molecular formula is C21H23N3O11S. The minimum Gasteiger partial charge on any atom is -0.463 e. The van der Waals surface area contributed by atoms with Gasteiger partial charge in [0.1, 0.15) is 23.6 Å². The summed E-state index contributed by atoms with van der Waals surface area (Å²) in [5, 5.41) is 2.66. The monoisotopic (exact) mass is 525 g/mol. The first-order valence-electron chi connectivity index (χ1n) is 10.6. The Morgan fingerprint density at radius 3 is 2.22 bits per heavy atom. The summed E-state index contributed by atoms with van der Waals surface area (Å²) in [4.78, 5) is 77.1. The van der Waals surface area contributed by atoms with E-state index in [1.54, 1.807) is 0 Å². The van der Waals surface area contributed by atoms with Gasteiger partial charge in [-0.05, 0) is 23.7 Å². The Labute approximate surface area is 207 Å². The summed E-state index contributed by atoms with van der Waals surface area (Å²) in [5.41, 5.74) is -0.658. The molecule has 194 valence electrons. The lowest BCUT2D eigenvalue weighted by atomic mass is 9.96. The van der Waals surface area contributed by atoms with Gasteiger partial charge >= 0.3 is 29.9 Å². The third-order valence-electron chi connectivity index (χ3n) is 4.82. The summed E-state index contributed by atoms with van der Waals surface area (Å²) in [7, 11) is 0. The second kappa shape index (κ2) is 11.3. The van der Waals surface area contributed by atoms with Crippen molar-refractivity contribution in [1.82, 2.24) is 14.3 Å². The zero-order valence-electron chi connectivity index (χ0n) is 19.6. The molecular weight excluding hydrogens is 502 g/mol. The number of nitrogens with zero attached hydrogens (tertiary/aromatic N) is 2. The van der Waals surface area contributed by atoms with Crippen molar-refractivity contribution in [3.63, 3.8) is 0 Å². The fraction of sp³-hybridized carbons (Fsp3) is 0.476. The molecule has 1 fully saturated rings. The topological polar surface area (TPSA) is 178 Å². The number of ether oxygens (including phenoxy) is 5. The minimum atomic E-state index is -1.58. The quantitative estimate of drug-likeness (QED) is 0.398. The molecule has 0 aliphatic carbocycles. The molecule has 2 aromatic heterocycles. The van der Waals surface area contributed by atoms with Crippen LogP contribution in [0.15, 0.2) is 23.1 Å². The highest BCUT2D eigenvalue weighted by Crippen LogP contribution is 2.28. The maximum absolute atomic E-state index is 13.1. The van der Waals surface area contributed by atoms with Crippen molar-refractivity contribution in [2.24, 2.45) is 0 Å². The van der Waals surface area contributed by atoms with E-state index in [-0.39, 0.29) is 5.39 Å². The van der Waals surface area contributed by atoms with Crippen molar-refractivity contribution in [2.75, 3.05) is 6.61 Å². The molecule has 1 saturated heterocycles. The Kier molecular flexibility index (Phi) is 8.37. The number of carbonyl (C=O) groups is 5. The summed E-state index contributed by atoms with van der Waals surface area (Å²) in [5.74, 6) is -3.12. The molecule has 0 spiro atoms. The molecule has 0 bridgehead atoms. The second-order valence-corrected chi connectivity index (χ2v) is 8.56. The van der Waals surface area contributed by atoms with Gasteiger partial charge in [-0.15, -0.1) is 0 Å². The van der Waals surface area contributed by atoms with E-state index in [1.807, 2.05) is 0 Å². The van der Waals surface area contributed by atoms with Crippen molar-refractivity contribution >= 4 is 51.7 Å². The van der Waals surface area contributed by atoms with Crippen LogP contribution in [-0.2, 0) is 42.9 Å². The molecule has 1 amide bonds. The average Bonchev–Trinajstić information content (AvgIpc) is 3.12. The van der Waals surface area contributed by atoms with E-state index in [4.69, 9.17) is 23.7 Å². The van der Waals surface area contributed by atoms with E-state index < -0.39 is 72.7 Å². The Bertz CT molecular complexity index is 1240. The van der Waals surface area contributed by atoms with Gasteiger partial charge in [-0.1, -0.05) is 0 Å². The Morgan fingerprint density at radius 1 is 1.00 bits per heavy atom. The molecule has 5 atom stereocenters. The highest BCUT2D eigenvalue weighted by molar-refractivity contribution is 7.14. The zero-order valence-corrected chi connectivity index (χ0v) is 20.4. The van der Waals surface area contributed by atoms with Crippen LogP contribution in [0.25, 0.3) is 10.2 Å². The van der Waals surface area contributed by atoms with Gasteiger partial charge in [-0.25, -0.2) is 9.78 Å². The Morgan fingerprint density at radius 2 is 1.64 bits per heavy atom. The van der Waals surface area contributed by atoms with Crippen molar-refractivity contribution in [2.45, 2.75) is 58.3 Å². The van der Waals surface area contributed by atoms with Gasteiger partial charge in [0.15, 0.2) is 12.2 Å². The summed E-state index contributed by atoms with van der Waals surface area (Å²) in [6.07, 6.45) is -4.21. The normalized spacial score (nSPS) is 23.4. The first kappa shape index (κ1) is 26.7. The fourth-order valence-corrected chi connectivity index (χ4v) is 4.37. The molecule has 1 aliphatic rings. The number of esters is 4. The maximum atomic E-state index is 13.1. The van der Waals surface area contributed by atoms with Crippen LogP contribution >= 0.6 is 11.5 Å². The largest absolute Gasteiger partial charge is 0.463 e. The highest BCUT2D eigenvalue weighted by Gasteiger charge is 2.52. The highest BCUT2D eigenvalue weighted by atomic mass is 32.1. The van der Waals surface area contributed by atoms with E-state index in [0.29, 0.717) is 4.83 Å². The van der Waals surface area contributed by atoms with Crippen LogP contribution in [0.4, 0.5) is 4.79 Å². The van der Waals surface area contributed by atoms with E-state index in [9.17, 15) is 28.8 Å². The number of rotatable bonds is 6. The number of hydrogen-bond donors (Lipinski definition) is 1. The van der Waals surface area contributed by atoms with Crippen LogP contribution < -0.4 is 10.9 Å². The molecule has 0 radical (unpaired) electrons. The van der Waals surface area contributed by atoms with Crippen molar-refractivity contribution in [3.05, 3.63) is 28.7 Å². The van der Waals surface area contributed by atoms with Crippen LogP contribution in [-0.4, -0.2) is 76.1 Å². The third-order valence-corrected chi connectivity index (χ3v) is 5.83. The molecule has 14 nitrogen and oxygen atoms in total. The molecule has 0 saturated carbocycles. The van der Waals surface area contributed by atoms with Gasteiger partial charge in [0.25, 0.3) is 5.56 Å². The molecule has 15 heteroatoms. The first-order valence-corrected chi connectivity index (χ1v) is 11.3. The van der Waals surface area contributed by atoms with Gasteiger partial charge in [-0.3, -0.25) is 24.0 Å². The smallest absolute Gasteiger partial charge is 0.338 e. The first-order chi connectivity index (χ1) is 17.0. The summed E-state index contributed by atoms with van der Waals surface area (Å²) in [6.45, 7) is 3.92. The lowest BCUT2D eigenvalue weighted by Crippen LogP contribution is -2.67. The summed E-state index contributed by atoms with van der Waals surface area (Å²) in [6, 6.07) is 0.627. The zero-order chi connectivity index (χ0) is 26.6. The van der Waals surface area contributed by atoms with Crippen molar-refractivity contribution in [1.29, 1.82) is 0 Å². The predicted octanol–water partition coefficient (Wildman–Crippen LogP) is 0.0988. The minimum absolute atomic E-state index is 0.199. The summed E-state index contributed by atoms with van der Waals surface area (Å²) < 4.78 is 27.3. The second-order valence-electron chi connectivity index (χ2n) is 7.63. The Balaban J connectivity index is 2.01. The third kappa shape index (κ3) is 6.23. The Hall–Kier alpha value is -3.85. The molecule has 0 unspecified atom stereocenters. The number of fused-ring (bicyclic) bond motifs is 1. The number of aromatic nitrogens is 2. The van der Waals surface area contributed by atoms with E-state index in [2.05, 4.69) is 10.3 Å².